The van der Waals surface area contributed by atoms with E-state index in [-0.39, 0.29) is 22.0 Å². The number of carbonyl (C=O) groups is 1. The van der Waals surface area contributed by atoms with Gasteiger partial charge < -0.3 is 5.73 Å². The molecule has 7 nitrogen and oxygen atoms in total. The minimum atomic E-state index is -3.52. The number of allylic oxidation sites excluding steroid dienone is 1. The number of carbonyl (C=O) groups excluding carboxylic acids is 1. The molecular formula is C27H30N4O3S2. The van der Waals surface area contributed by atoms with E-state index in [4.69, 9.17) is 10.7 Å². The average Bonchev–Trinajstić information content (AvgIpc) is 3.34. The zero-order chi connectivity index (χ0) is 26.5. The number of nitrogens with two attached hydrogens (primary N) is 1. The number of thioether (sulfide) groups is 1. The first-order chi connectivity index (χ1) is 16.8. The molecule has 0 radical (unpaired) electrons. The summed E-state index contributed by atoms with van der Waals surface area (Å²) in [4.78, 5) is 20.0. The third-order valence-corrected chi connectivity index (χ3v) is 10.9. The Morgan fingerprint density at radius 3 is 2.47 bits per heavy atom. The predicted molar refractivity (Wildman–Crippen MR) is 144 cm³/mol. The Hall–Kier alpha value is -3.09. The lowest BCUT2D eigenvalue weighted by molar-refractivity contribution is -0.130. The van der Waals surface area contributed by atoms with Crippen LogP contribution in [0.4, 0.5) is 0 Å². The van der Waals surface area contributed by atoms with Crippen LogP contribution in [0.3, 0.4) is 0 Å². The standard InChI is InChI=1S/C27H30N4O3S2/c1-26(2,3)36(33,34)21-11-9-18(10-12-21)23-24(32)31(5)25(29)30-27(23,4)22-14-20(16-35-22)19-8-6-7-17(13-19)15-28/h6-13,16,22-23H,14H2,1-5H3,(H2,29,30)/t22?,23-,27+/m0/s1. The summed E-state index contributed by atoms with van der Waals surface area (Å²) >= 11 is 1.60. The highest BCUT2D eigenvalue weighted by molar-refractivity contribution is 8.03. The number of aliphatic imine (C=N–C) groups is 1. The van der Waals surface area contributed by atoms with Gasteiger partial charge >= 0.3 is 0 Å². The van der Waals surface area contributed by atoms with Gasteiger partial charge in [0.2, 0.25) is 5.91 Å². The highest BCUT2D eigenvalue weighted by Gasteiger charge is 2.51. The maximum atomic E-state index is 13.6. The van der Waals surface area contributed by atoms with Crippen molar-refractivity contribution in [3.63, 3.8) is 0 Å². The SMILES string of the molecule is CN1C(=O)[C@H](c2ccc(S(=O)(=O)C(C)(C)C)cc2)[C@@](C)(C2CC(c3cccc(C#N)c3)=CS2)N=C1N. The van der Waals surface area contributed by atoms with Gasteiger partial charge in [-0.3, -0.25) is 9.69 Å². The quantitative estimate of drug-likeness (QED) is 0.640. The summed E-state index contributed by atoms with van der Waals surface area (Å²) in [5.41, 5.74) is 8.64. The third-order valence-electron chi connectivity index (χ3n) is 6.99. The summed E-state index contributed by atoms with van der Waals surface area (Å²) in [6.45, 7) is 6.94. The zero-order valence-electron chi connectivity index (χ0n) is 21.0. The fraction of sp³-hybridized carbons (Fsp3) is 0.370. The molecule has 0 aromatic heterocycles. The van der Waals surface area contributed by atoms with Gasteiger partial charge in [0.05, 0.1) is 32.7 Å². The molecule has 1 unspecified atom stereocenters. The maximum Gasteiger partial charge on any atom is 0.239 e. The first kappa shape index (κ1) is 26.0. The second-order valence-electron chi connectivity index (χ2n) is 10.4. The summed E-state index contributed by atoms with van der Waals surface area (Å²) in [6, 6.07) is 16.2. The number of hydrogen-bond acceptors (Lipinski definition) is 7. The van der Waals surface area contributed by atoms with Crippen LogP contribution < -0.4 is 5.73 Å². The fourth-order valence-electron chi connectivity index (χ4n) is 4.65. The Kier molecular flexibility index (Phi) is 6.56. The van der Waals surface area contributed by atoms with E-state index in [9.17, 15) is 18.5 Å². The number of likely N-dealkylation sites (N-methyl/N-ethyl adjacent to an activating group) is 1. The van der Waals surface area contributed by atoms with Gasteiger partial charge in [0, 0.05) is 12.3 Å². The molecule has 2 heterocycles. The van der Waals surface area contributed by atoms with Gasteiger partial charge in [0.1, 0.15) is 0 Å². The van der Waals surface area contributed by atoms with E-state index in [1.807, 2.05) is 25.1 Å². The van der Waals surface area contributed by atoms with Gasteiger partial charge in [0.25, 0.3) is 0 Å². The van der Waals surface area contributed by atoms with Crippen LogP contribution in [-0.2, 0) is 14.6 Å². The lowest BCUT2D eigenvalue weighted by Crippen LogP contribution is -2.57. The van der Waals surface area contributed by atoms with Gasteiger partial charge in [-0.1, -0.05) is 24.3 Å². The second kappa shape index (κ2) is 9.09. The zero-order valence-corrected chi connectivity index (χ0v) is 22.7. The number of hydrogen-bond donors (Lipinski definition) is 1. The van der Waals surface area contributed by atoms with Crippen LogP contribution in [0.15, 0.2) is 63.8 Å². The van der Waals surface area contributed by atoms with Crippen LogP contribution >= 0.6 is 11.8 Å². The molecule has 4 rings (SSSR count). The van der Waals surface area contributed by atoms with Crippen molar-refractivity contribution in [1.82, 2.24) is 4.90 Å². The molecule has 0 fully saturated rings. The van der Waals surface area contributed by atoms with Crippen molar-refractivity contribution in [2.24, 2.45) is 10.7 Å². The molecule has 2 aromatic carbocycles. The lowest BCUT2D eigenvalue weighted by Gasteiger charge is -2.43. The third kappa shape index (κ3) is 4.33. The summed E-state index contributed by atoms with van der Waals surface area (Å²) in [7, 11) is -1.92. The van der Waals surface area contributed by atoms with Gasteiger partial charge in [-0.05, 0) is 80.5 Å². The molecule has 0 bridgehead atoms. The first-order valence-electron chi connectivity index (χ1n) is 11.6. The number of amides is 1. The number of rotatable bonds is 4. The molecule has 2 N–H and O–H groups in total. The Bertz CT molecular complexity index is 1420. The van der Waals surface area contributed by atoms with Crippen LogP contribution in [0.2, 0.25) is 0 Å². The molecule has 3 atom stereocenters. The fourth-order valence-corrected chi connectivity index (χ4v) is 7.16. The van der Waals surface area contributed by atoms with Crippen molar-refractivity contribution in [2.75, 3.05) is 7.05 Å². The van der Waals surface area contributed by atoms with Crippen molar-refractivity contribution in [3.05, 3.63) is 70.6 Å². The topological polar surface area (TPSA) is 117 Å². The number of guanidine groups is 1. The molecule has 9 heteroatoms. The van der Waals surface area contributed by atoms with Gasteiger partial charge in [-0.25, -0.2) is 13.4 Å². The van der Waals surface area contributed by atoms with Crippen molar-refractivity contribution >= 4 is 39.0 Å². The van der Waals surface area contributed by atoms with E-state index < -0.39 is 26.0 Å². The average molecular weight is 523 g/mol. The van der Waals surface area contributed by atoms with Crippen molar-refractivity contribution in [3.8, 4) is 6.07 Å². The van der Waals surface area contributed by atoms with E-state index in [0.29, 0.717) is 17.5 Å². The van der Waals surface area contributed by atoms with Gasteiger partial charge in [-0.15, -0.1) is 11.8 Å². The first-order valence-corrected chi connectivity index (χ1v) is 14.0. The summed E-state index contributed by atoms with van der Waals surface area (Å²) in [6.07, 6.45) is 0.650. The molecule has 2 aromatic rings. The van der Waals surface area contributed by atoms with Crippen LogP contribution in [-0.4, -0.2) is 47.8 Å². The molecule has 1 amide bonds. The highest BCUT2D eigenvalue weighted by Crippen LogP contribution is 2.50. The summed E-state index contributed by atoms with van der Waals surface area (Å²) in [5, 5.41) is 11.3. The van der Waals surface area contributed by atoms with E-state index in [1.54, 1.807) is 69.9 Å². The number of benzene rings is 2. The van der Waals surface area contributed by atoms with Crippen molar-refractivity contribution < 1.29 is 13.2 Å². The largest absolute Gasteiger partial charge is 0.369 e. The molecule has 36 heavy (non-hydrogen) atoms. The Morgan fingerprint density at radius 1 is 1.19 bits per heavy atom. The monoisotopic (exact) mass is 522 g/mol. The van der Waals surface area contributed by atoms with E-state index in [1.165, 1.54) is 4.90 Å². The molecule has 0 saturated heterocycles. The van der Waals surface area contributed by atoms with Crippen molar-refractivity contribution in [1.29, 1.82) is 5.26 Å². The normalized spacial score (nSPS) is 24.8. The number of nitrogens with zero attached hydrogens (tertiary/aromatic N) is 3. The molecule has 0 spiro atoms. The molecule has 2 aliphatic rings. The summed E-state index contributed by atoms with van der Waals surface area (Å²) in [5.74, 6) is -0.667. The predicted octanol–water partition coefficient (Wildman–Crippen LogP) is 4.31. The van der Waals surface area contributed by atoms with Crippen LogP contribution in [0.1, 0.15) is 56.7 Å². The Balaban J connectivity index is 1.71. The second-order valence-corrected chi connectivity index (χ2v) is 14.2. The van der Waals surface area contributed by atoms with Gasteiger partial charge in [0.15, 0.2) is 15.8 Å². The lowest BCUT2D eigenvalue weighted by atomic mass is 9.75. The molecule has 188 valence electrons. The molecule has 0 aliphatic carbocycles. The van der Waals surface area contributed by atoms with Gasteiger partial charge in [-0.2, -0.15) is 5.26 Å². The van der Waals surface area contributed by atoms with Crippen LogP contribution in [0.25, 0.3) is 5.57 Å². The maximum absolute atomic E-state index is 13.6. The summed E-state index contributed by atoms with van der Waals surface area (Å²) < 4.78 is 24.9. The Morgan fingerprint density at radius 2 is 1.86 bits per heavy atom. The van der Waals surface area contributed by atoms with Crippen molar-refractivity contribution in [2.45, 2.75) is 60.5 Å². The van der Waals surface area contributed by atoms with Crippen LogP contribution in [0.5, 0.6) is 0 Å². The molecular weight excluding hydrogens is 492 g/mol. The minimum Gasteiger partial charge on any atom is -0.369 e. The Labute approximate surface area is 217 Å². The van der Waals surface area contributed by atoms with E-state index in [0.717, 1.165) is 11.1 Å². The minimum absolute atomic E-state index is 0.0857. The molecule has 2 aliphatic heterocycles. The number of nitriles is 1. The van der Waals surface area contributed by atoms with Crippen LogP contribution in [0, 0.1) is 11.3 Å². The highest BCUT2D eigenvalue weighted by atomic mass is 32.2. The van der Waals surface area contributed by atoms with E-state index in [2.05, 4.69) is 11.5 Å². The smallest absolute Gasteiger partial charge is 0.239 e. The van der Waals surface area contributed by atoms with E-state index >= 15 is 0 Å². The number of sulfone groups is 1. The molecule has 0 saturated carbocycles.